The van der Waals surface area contributed by atoms with Crippen molar-refractivity contribution in [3.63, 3.8) is 0 Å². The monoisotopic (exact) mass is 707 g/mol. The summed E-state index contributed by atoms with van der Waals surface area (Å²) in [6, 6.07) is 2.14. The lowest BCUT2D eigenvalue weighted by atomic mass is 10.1. The van der Waals surface area contributed by atoms with Crippen molar-refractivity contribution < 1.29 is 14.7 Å². The zero-order chi connectivity index (χ0) is 38.0. The Hall–Kier alpha value is -5.58. The maximum absolute atomic E-state index is 12.5. The molecule has 1 fully saturated rings. The molecule has 0 spiro atoms. The quantitative estimate of drug-likeness (QED) is 0.142. The molecule has 1 aromatic heterocycles. The highest BCUT2D eigenvalue weighted by Crippen LogP contribution is 2.21. The summed E-state index contributed by atoms with van der Waals surface area (Å²) < 4.78 is 0. The lowest BCUT2D eigenvalue weighted by molar-refractivity contribution is -0.132. The van der Waals surface area contributed by atoms with Crippen molar-refractivity contribution in [3.05, 3.63) is 137 Å². The van der Waals surface area contributed by atoms with Crippen LogP contribution in [0.25, 0.3) is 0 Å². The number of pyridine rings is 1. The molecule has 2 aliphatic rings. The fourth-order valence-corrected chi connectivity index (χ4v) is 6.10. The second kappa shape index (κ2) is 20.9. The number of hydrogen-bond acceptors (Lipinski definition) is 10. The van der Waals surface area contributed by atoms with E-state index in [0.29, 0.717) is 63.5 Å². The molecule has 0 saturated carbocycles. The number of carboxylic acid groups (broad SMARTS) is 1. The van der Waals surface area contributed by atoms with Gasteiger partial charge in [0.05, 0.1) is 29.7 Å². The molecule has 0 unspecified atom stereocenters. The van der Waals surface area contributed by atoms with Crippen molar-refractivity contribution in [1.29, 1.82) is 0 Å². The molecular weight excluding hydrogens is 654 g/mol. The number of anilines is 1. The molecule has 1 N–H and O–H groups in total. The highest BCUT2D eigenvalue weighted by atomic mass is 16.4. The third kappa shape index (κ3) is 12.0. The average molecular weight is 708 g/mol. The highest BCUT2D eigenvalue weighted by Gasteiger charge is 2.20. The van der Waals surface area contributed by atoms with Gasteiger partial charge in [-0.05, 0) is 81.6 Å². The van der Waals surface area contributed by atoms with E-state index in [4.69, 9.17) is 0 Å². The summed E-state index contributed by atoms with van der Waals surface area (Å²) in [7, 11) is 0. The van der Waals surface area contributed by atoms with Crippen molar-refractivity contribution >= 4 is 23.7 Å². The van der Waals surface area contributed by atoms with E-state index in [2.05, 4.69) is 60.6 Å². The molecule has 1 saturated heterocycles. The Labute approximate surface area is 308 Å². The SMILES string of the molecule is C=C/C(=C\C(=C/C)N1CCCN(/C(C=C)=C/C(=C\C)C(=C)N=O)CCN(c2cncc(C)c2)CCCN(C2=CC(C(C)=O)=CCN=C2)CC1)C(=O)O. The van der Waals surface area contributed by atoms with Crippen molar-refractivity contribution in [2.24, 2.45) is 10.2 Å². The van der Waals surface area contributed by atoms with E-state index in [1.54, 1.807) is 19.1 Å². The van der Waals surface area contributed by atoms with Crippen molar-refractivity contribution in [2.75, 3.05) is 63.8 Å². The van der Waals surface area contributed by atoms with Gasteiger partial charge in [-0.15, -0.1) is 4.91 Å². The molecule has 3 heterocycles. The summed E-state index contributed by atoms with van der Waals surface area (Å²) in [6.07, 6.45) is 21.3. The van der Waals surface area contributed by atoms with E-state index in [1.807, 2.05) is 69.8 Å². The molecule has 0 atom stereocenters. The van der Waals surface area contributed by atoms with Gasteiger partial charge in [-0.1, -0.05) is 44.0 Å². The molecule has 1 aromatic rings. The van der Waals surface area contributed by atoms with Gasteiger partial charge >= 0.3 is 5.97 Å². The van der Waals surface area contributed by atoms with Crippen LogP contribution in [0.5, 0.6) is 0 Å². The summed E-state index contributed by atoms with van der Waals surface area (Å²) in [5.74, 6) is -1.06. The number of carbonyl (C=O) groups excluding carboxylic acids is 1. The van der Waals surface area contributed by atoms with Crippen molar-refractivity contribution in [3.8, 4) is 0 Å². The minimum Gasteiger partial charge on any atom is -0.478 e. The number of aryl methyl sites for hydroxylation is 1. The number of carbonyl (C=O) groups is 2. The lowest BCUT2D eigenvalue weighted by Crippen LogP contribution is -2.40. The van der Waals surface area contributed by atoms with E-state index < -0.39 is 5.97 Å². The Morgan fingerprint density at radius 3 is 2.13 bits per heavy atom. The first kappa shape index (κ1) is 40.8. The van der Waals surface area contributed by atoms with Crippen molar-refractivity contribution in [1.82, 2.24) is 19.7 Å². The van der Waals surface area contributed by atoms with Crippen LogP contribution >= 0.6 is 0 Å². The van der Waals surface area contributed by atoms with E-state index in [1.165, 1.54) is 6.08 Å². The number of aliphatic carboxylic acids is 1. The standard InChI is InChI=1S/C41H53N7O4/c1-8-34(32(6)44-52)25-37(10-3)45-16-12-17-46(38(11-4)26-35(9-2)41(50)51)21-23-48(40-27-36(33(7)49)14-15-42-29-40)19-13-18-47(22-20-45)39-24-31(5)28-43-30-39/h8-11,14,24-30H,2-3,6,12-13,15-23H2,1,4-5,7H3,(H,50,51)/b34-8+,35-26+,37-25+,38-11+. The zero-order valence-corrected chi connectivity index (χ0v) is 31.1. The Bertz CT molecular complexity index is 1710. The van der Waals surface area contributed by atoms with Gasteiger partial charge in [0.15, 0.2) is 5.78 Å². The Morgan fingerprint density at radius 1 is 0.865 bits per heavy atom. The molecule has 0 radical (unpaired) electrons. The summed E-state index contributed by atoms with van der Waals surface area (Å²) in [5, 5.41) is 12.9. The summed E-state index contributed by atoms with van der Waals surface area (Å²) in [4.78, 5) is 53.9. The normalized spacial score (nSPS) is 17.8. The van der Waals surface area contributed by atoms with E-state index >= 15 is 0 Å². The molecular formula is C41H53N7O4. The van der Waals surface area contributed by atoms with E-state index in [9.17, 15) is 19.6 Å². The first-order valence-electron chi connectivity index (χ1n) is 17.7. The fourth-order valence-electron chi connectivity index (χ4n) is 6.10. The van der Waals surface area contributed by atoms with E-state index in [-0.39, 0.29) is 17.1 Å². The first-order chi connectivity index (χ1) is 25.0. The van der Waals surface area contributed by atoms with Crippen LogP contribution in [0, 0.1) is 11.8 Å². The summed E-state index contributed by atoms with van der Waals surface area (Å²) in [5.41, 5.74) is 6.07. The Kier molecular flexibility index (Phi) is 16.4. The molecule has 3 rings (SSSR count). The lowest BCUT2D eigenvalue weighted by Gasteiger charge is -2.35. The van der Waals surface area contributed by atoms with Gasteiger partial charge in [-0.3, -0.25) is 14.8 Å². The van der Waals surface area contributed by atoms with Crippen LogP contribution in [0.2, 0.25) is 0 Å². The predicted octanol–water partition coefficient (Wildman–Crippen LogP) is 6.78. The van der Waals surface area contributed by atoms with E-state index in [0.717, 1.165) is 47.7 Å². The number of rotatable bonds is 12. The molecule has 11 heteroatoms. The number of Topliss-reactive ketones (excluding diaryl/α,β-unsaturated/α-hetero) is 1. The van der Waals surface area contributed by atoms with Crippen LogP contribution in [0.4, 0.5) is 5.69 Å². The second-order valence-electron chi connectivity index (χ2n) is 12.5. The Morgan fingerprint density at radius 2 is 1.54 bits per heavy atom. The molecule has 0 aliphatic carbocycles. The van der Waals surface area contributed by atoms with Gasteiger partial charge < -0.3 is 24.7 Å². The maximum Gasteiger partial charge on any atom is 0.335 e. The number of aromatic nitrogens is 1. The van der Waals surface area contributed by atoms with Crippen LogP contribution in [-0.2, 0) is 9.59 Å². The number of nitrogens with zero attached hydrogens (tertiary/aromatic N) is 7. The predicted molar refractivity (Wildman–Crippen MR) is 212 cm³/mol. The zero-order valence-electron chi connectivity index (χ0n) is 31.1. The molecule has 52 heavy (non-hydrogen) atoms. The third-order valence-corrected chi connectivity index (χ3v) is 9.00. The molecule has 0 amide bonds. The second-order valence-corrected chi connectivity index (χ2v) is 12.5. The molecule has 0 aromatic carbocycles. The highest BCUT2D eigenvalue weighted by molar-refractivity contribution is 5.98. The van der Waals surface area contributed by atoms with Crippen LogP contribution in [-0.4, -0.2) is 102 Å². The van der Waals surface area contributed by atoms with Crippen LogP contribution in [0.3, 0.4) is 0 Å². The topological polar surface area (TPSA) is 122 Å². The number of nitroso groups, excluding NO2 is 1. The fraction of sp³-hybridized carbons (Fsp3) is 0.366. The number of ketones is 1. The van der Waals surface area contributed by atoms with Crippen LogP contribution in [0.15, 0.2) is 136 Å². The number of carboxylic acids is 1. The largest absolute Gasteiger partial charge is 0.478 e. The van der Waals surface area contributed by atoms with Gasteiger partial charge in [-0.25, -0.2) is 4.79 Å². The molecule has 11 nitrogen and oxygen atoms in total. The van der Waals surface area contributed by atoms with Gasteiger partial charge in [0.2, 0.25) is 0 Å². The van der Waals surface area contributed by atoms with Gasteiger partial charge in [0, 0.05) is 87.3 Å². The average Bonchev–Trinajstić information content (AvgIpc) is 3.40. The minimum atomic E-state index is -1.05. The summed E-state index contributed by atoms with van der Waals surface area (Å²) in [6.45, 7) is 24.6. The number of aliphatic imine (C=N–C) groups is 1. The smallest absolute Gasteiger partial charge is 0.335 e. The van der Waals surface area contributed by atoms with Crippen LogP contribution < -0.4 is 4.90 Å². The van der Waals surface area contributed by atoms with Crippen molar-refractivity contribution in [2.45, 2.75) is 40.5 Å². The molecule has 276 valence electrons. The number of hydrogen-bond donors (Lipinski definition) is 1. The minimum absolute atomic E-state index is 0.0115. The number of allylic oxidation sites excluding steroid dienone is 8. The first-order valence-corrected chi connectivity index (χ1v) is 17.7. The van der Waals surface area contributed by atoms with Gasteiger partial charge in [0.25, 0.3) is 0 Å². The Balaban J connectivity index is 2.10. The van der Waals surface area contributed by atoms with Gasteiger partial charge in [-0.2, -0.15) is 0 Å². The third-order valence-electron chi connectivity index (χ3n) is 9.00. The van der Waals surface area contributed by atoms with Crippen LogP contribution in [0.1, 0.15) is 39.2 Å². The molecule has 0 bridgehead atoms. The van der Waals surface area contributed by atoms with Gasteiger partial charge in [0.1, 0.15) is 5.70 Å². The summed E-state index contributed by atoms with van der Waals surface area (Å²) >= 11 is 0. The molecule has 2 aliphatic heterocycles. The maximum atomic E-state index is 12.5.